The molecular formula is C15H29N3. The van der Waals surface area contributed by atoms with E-state index in [0.29, 0.717) is 5.92 Å². The van der Waals surface area contributed by atoms with Crippen molar-refractivity contribution in [3.63, 3.8) is 0 Å². The summed E-state index contributed by atoms with van der Waals surface area (Å²) in [5.41, 5.74) is 1.15. The minimum Gasteiger partial charge on any atom is -0.252 e. The minimum atomic E-state index is 0.634. The van der Waals surface area contributed by atoms with Gasteiger partial charge in [-0.15, -0.1) is 5.10 Å². The van der Waals surface area contributed by atoms with Crippen molar-refractivity contribution >= 4 is 0 Å². The fraction of sp³-hybridized carbons (Fsp3) is 0.867. The van der Waals surface area contributed by atoms with Gasteiger partial charge in [-0.2, -0.15) is 0 Å². The molecule has 0 amide bonds. The van der Waals surface area contributed by atoms with Crippen molar-refractivity contribution in [2.24, 2.45) is 11.8 Å². The Hall–Kier alpha value is -0.860. The van der Waals surface area contributed by atoms with Crippen LogP contribution in [0.1, 0.15) is 65.5 Å². The monoisotopic (exact) mass is 251 g/mol. The van der Waals surface area contributed by atoms with Gasteiger partial charge in [0.25, 0.3) is 0 Å². The Morgan fingerprint density at radius 1 is 1.17 bits per heavy atom. The van der Waals surface area contributed by atoms with E-state index in [9.17, 15) is 0 Å². The van der Waals surface area contributed by atoms with Crippen LogP contribution >= 0.6 is 0 Å². The van der Waals surface area contributed by atoms with Gasteiger partial charge in [-0.05, 0) is 24.7 Å². The molecular weight excluding hydrogens is 222 g/mol. The smallest absolute Gasteiger partial charge is 0.0827 e. The highest BCUT2D eigenvalue weighted by molar-refractivity contribution is 4.92. The van der Waals surface area contributed by atoms with Gasteiger partial charge >= 0.3 is 0 Å². The van der Waals surface area contributed by atoms with E-state index in [1.165, 1.54) is 32.1 Å². The Labute approximate surface area is 112 Å². The van der Waals surface area contributed by atoms with Gasteiger partial charge in [0.15, 0.2) is 0 Å². The van der Waals surface area contributed by atoms with E-state index in [0.717, 1.165) is 24.6 Å². The van der Waals surface area contributed by atoms with Gasteiger partial charge in [0.1, 0.15) is 0 Å². The van der Waals surface area contributed by atoms with Crippen LogP contribution in [0.4, 0.5) is 0 Å². The molecule has 3 heteroatoms. The summed E-state index contributed by atoms with van der Waals surface area (Å²) in [7, 11) is 0. The molecule has 18 heavy (non-hydrogen) atoms. The second kappa shape index (κ2) is 8.28. The predicted octanol–water partition coefficient (Wildman–Crippen LogP) is 4.08. The van der Waals surface area contributed by atoms with Crippen LogP contribution in [-0.4, -0.2) is 15.0 Å². The van der Waals surface area contributed by atoms with Crippen LogP contribution in [-0.2, 0) is 13.0 Å². The summed E-state index contributed by atoms with van der Waals surface area (Å²) < 4.78 is 1.97. The molecule has 104 valence electrons. The standard InChI is InChI=1S/C15H29N3/c1-5-14(6-2)9-7-8-10-15-12-18(17-16-15)11-13(3)4/h12-14H,5-11H2,1-4H3. The highest BCUT2D eigenvalue weighted by Crippen LogP contribution is 2.16. The molecule has 1 aromatic heterocycles. The quantitative estimate of drug-likeness (QED) is 0.619. The molecule has 0 atom stereocenters. The Kier molecular flexibility index (Phi) is 6.99. The fourth-order valence-electron chi connectivity index (χ4n) is 2.35. The first-order valence-electron chi connectivity index (χ1n) is 7.54. The van der Waals surface area contributed by atoms with E-state index >= 15 is 0 Å². The van der Waals surface area contributed by atoms with Crippen LogP contribution in [0.15, 0.2) is 6.20 Å². The number of unbranched alkanes of at least 4 members (excludes halogenated alkanes) is 1. The molecule has 3 nitrogen and oxygen atoms in total. The topological polar surface area (TPSA) is 30.7 Å². The maximum atomic E-state index is 4.24. The van der Waals surface area contributed by atoms with Crippen molar-refractivity contribution in [1.29, 1.82) is 0 Å². The first kappa shape index (κ1) is 15.2. The number of aryl methyl sites for hydroxylation is 1. The van der Waals surface area contributed by atoms with Gasteiger partial charge < -0.3 is 0 Å². The number of aromatic nitrogens is 3. The van der Waals surface area contributed by atoms with Gasteiger partial charge in [0, 0.05) is 12.7 Å². The third kappa shape index (κ3) is 5.65. The number of hydrogen-bond donors (Lipinski definition) is 0. The third-order valence-electron chi connectivity index (χ3n) is 3.59. The van der Waals surface area contributed by atoms with Crippen LogP contribution < -0.4 is 0 Å². The molecule has 0 bridgehead atoms. The van der Waals surface area contributed by atoms with Crippen LogP contribution in [0.3, 0.4) is 0 Å². The average molecular weight is 251 g/mol. The summed E-state index contributed by atoms with van der Waals surface area (Å²) in [6.07, 6.45) is 9.77. The summed E-state index contributed by atoms with van der Waals surface area (Å²) in [6.45, 7) is 9.98. The molecule has 0 aliphatic rings. The third-order valence-corrected chi connectivity index (χ3v) is 3.59. The summed E-state index contributed by atoms with van der Waals surface area (Å²) in [5, 5.41) is 8.41. The molecule has 0 saturated carbocycles. The van der Waals surface area contributed by atoms with Gasteiger partial charge in [0.2, 0.25) is 0 Å². The van der Waals surface area contributed by atoms with E-state index in [1.54, 1.807) is 0 Å². The minimum absolute atomic E-state index is 0.634. The second-order valence-electron chi connectivity index (χ2n) is 5.75. The Morgan fingerprint density at radius 2 is 1.89 bits per heavy atom. The maximum absolute atomic E-state index is 4.24. The normalized spacial score (nSPS) is 11.7. The predicted molar refractivity (Wildman–Crippen MR) is 76.5 cm³/mol. The molecule has 0 aliphatic carbocycles. The van der Waals surface area contributed by atoms with E-state index in [4.69, 9.17) is 0 Å². The van der Waals surface area contributed by atoms with Gasteiger partial charge in [-0.1, -0.05) is 58.6 Å². The van der Waals surface area contributed by atoms with E-state index in [-0.39, 0.29) is 0 Å². The maximum Gasteiger partial charge on any atom is 0.0827 e. The van der Waals surface area contributed by atoms with Crippen molar-refractivity contribution in [2.45, 2.75) is 72.8 Å². The van der Waals surface area contributed by atoms with Crippen molar-refractivity contribution in [2.75, 3.05) is 0 Å². The SMILES string of the molecule is CCC(CC)CCCCc1cn(CC(C)C)nn1. The summed E-state index contributed by atoms with van der Waals surface area (Å²) in [4.78, 5) is 0. The van der Waals surface area contributed by atoms with Crippen LogP contribution in [0.2, 0.25) is 0 Å². The molecule has 1 rings (SSSR count). The van der Waals surface area contributed by atoms with Crippen molar-refractivity contribution < 1.29 is 0 Å². The second-order valence-corrected chi connectivity index (χ2v) is 5.75. The molecule has 0 fully saturated rings. The number of hydrogen-bond acceptors (Lipinski definition) is 2. The average Bonchev–Trinajstić information content (AvgIpc) is 2.76. The molecule has 0 spiro atoms. The number of rotatable bonds is 9. The van der Waals surface area contributed by atoms with E-state index in [2.05, 4.69) is 44.2 Å². The Bertz CT molecular complexity index is 313. The molecule has 0 radical (unpaired) electrons. The van der Waals surface area contributed by atoms with Gasteiger partial charge in [0.05, 0.1) is 5.69 Å². The van der Waals surface area contributed by atoms with Gasteiger partial charge in [-0.25, -0.2) is 0 Å². The lowest BCUT2D eigenvalue weighted by Crippen LogP contribution is -2.04. The lowest BCUT2D eigenvalue weighted by Gasteiger charge is -2.10. The Balaban J connectivity index is 2.21. The van der Waals surface area contributed by atoms with E-state index < -0.39 is 0 Å². The molecule has 1 heterocycles. The number of nitrogens with zero attached hydrogens (tertiary/aromatic N) is 3. The van der Waals surface area contributed by atoms with Crippen LogP contribution in [0.25, 0.3) is 0 Å². The molecule has 0 aliphatic heterocycles. The summed E-state index contributed by atoms with van der Waals surface area (Å²) >= 11 is 0. The molecule has 0 saturated heterocycles. The molecule has 0 N–H and O–H groups in total. The van der Waals surface area contributed by atoms with Crippen LogP contribution in [0, 0.1) is 11.8 Å². The zero-order chi connectivity index (χ0) is 13.4. The van der Waals surface area contributed by atoms with Crippen molar-refractivity contribution in [3.05, 3.63) is 11.9 Å². The Morgan fingerprint density at radius 3 is 2.50 bits per heavy atom. The zero-order valence-electron chi connectivity index (χ0n) is 12.5. The highest BCUT2D eigenvalue weighted by atomic mass is 15.4. The first-order chi connectivity index (χ1) is 8.65. The molecule has 0 unspecified atom stereocenters. The summed E-state index contributed by atoms with van der Waals surface area (Å²) in [5.74, 6) is 1.55. The lowest BCUT2D eigenvalue weighted by molar-refractivity contribution is 0.433. The van der Waals surface area contributed by atoms with E-state index in [1.807, 2.05) is 4.68 Å². The fourth-order valence-corrected chi connectivity index (χ4v) is 2.35. The van der Waals surface area contributed by atoms with Crippen LogP contribution in [0.5, 0.6) is 0 Å². The first-order valence-corrected chi connectivity index (χ1v) is 7.54. The van der Waals surface area contributed by atoms with Crippen molar-refractivity contribution in [1.82, 2.24) is 15.0 Å². The van der Waals surface area contributed by atoms with Gasteiger partial charge in [-0.3, -0.25) is 4.68 Å². The highest BCUT2D eigenvalue weighted by Gasteiger charge is 2.05. The summed E-state index contributed by atoms with van der Waals surface area (Å²) in [6, 6.07) is 0. The van der Waals surface area contributed by atoms with Crippen molar-refractivity contribution in [3.8, 4) is 0 Å². The molecule has 1 aromatic rings. The lowest BCUT2D eigenvalue weighted by atomic mass is 9.96. The largest absolute Gasteiger partial charge is 0.252 e. The zero-order valence-corrected chi connectivity index (χ0v) is 12.5. The molecule has 0 aromatic carbocycles.